The van der Waals surface area contributed by atoms with Gasteiger partial charge in [-0.05, 0) is 19.4 Å². The summed E-state index contributed by atoms with van der Waals surface area (Å²) >= 11 is 0. The van der Waals surface area contributed by atoms with Crippen LogP contribution in [0.25, 0.3) is 0 Å². The van der Waals surface area contributed by atoms with Gasteiger partial charge in [0.1, 0.15) is 17.2 Å². The van der Waals surface area contributed by atoms with E-state index in [0.717, 1.165) is 17.2 Å². The van der Waals surface area contributed by atoms with Crippen molar-refractivity contribution in [3.63, 3.8) is 0 Å². The molecule has 1 unspecified atom stereocenters. The molecule has 6 nitrogen and oxygen atoms in total. The lowest BCUT2D eigenvalue weighted by Crippen LogP contribution is -2.52. The van der Waals surface area contributed by atoms with Gasteiger partial charge in [0.2, 0.25) is 5.91 Å². The van der Waals surface area contributed by atoms with Gasteiger partial charge in [0, 0.05) is 6.54 Å². The van der Waals surface area contributed by atoms with Crippen molar-refractivity contribution in [2.24, 2.45) is 5.73 Å². The van der Waals surface area contributed by atoms with Crippen LogP contribution in [0.2, 0.25) is 0 Å². The van der Waals surface area contributed by atoms with Crippen LogP contribution in [0, 0.1) is 6.92 Å². The zero-order valence-electron chi connectivity index (χ0n) is 12.3. The Balaban J connectivity index is 1.83. The maximum atomic E-state index is 12.8. The standard InChI is InChI=1S/C15H19N5O/c1-11-17-13-10-19(8-9-20(13)18-11)14(21)15(2,16)12-6-4-3-5-7-12/h3-7H,8-10,16H2,1-2H3. The third kappa shape index (κ3) is 2.42. The number of aromatic nitrogens is 3. The van der Waals surface area contributed by atoms with Crippen LogP contribution in [0.1, 0.15) is 24.1 Å². The summed E-state index contributed by atoms with van der Waals surface area (Å²) in [7, 11) is 0. The summed E-state index contributed by atoms with van der Waals surface area (Å²) in [6, 6.07) is 9.47. The second-order valence-corrected chi connectivity index (χ2v) is 5.59. The monoisotopic (exact) mass is 285 g/mol. The summed E-state index contributed by atoms with van der Waals surface area (Å²) < 4.78 is 1.86. The second kappa shape index (κ2) is 4.96. The lowest BCUT2D eigenvalue weighted by atomic mass is 9.91. The number of carbonyl (C=O) groups excluding carboxylic acids is 1. The molecule has 2 aromatic rings. The van der Waals surface area contributed by atoms with Crippen LogP contribution in [0.5, 0.6) is 0 Å². The Morgan fingerprint density at radius 2 is 2.00 bits per heavy atom. The minimum Gasteiger partial charge on any atom is -0.331 e. The molecule has 2 heterocycles. The lowest BCUT2D eigenvalue weighted by Gasteiger charge is -2.34. The van der Waals surface area contributed by atoms with Gasteiger partial charge in [-0.15, -0.1) is 0 Å². The average Bonchev–Trinajstić information content (AvgIpc) is 2.86. The first-order valence-corrected chi connectivity index (χ1v) is 7.02. The van der Waals surface area contributed by atoms with Crippen LogP contribution in [0.15, 0.2) is 30.3 Å². The molecule has 1 atom stereocenters. The summed E-state index contributed by atoms with van der Waals surface area (Å²) in [5, 5.41) is 4.30. The third-order valence-electron chi connectivity index (χ3n) is 3.87. The predicted molar refractivity (Wildman–Crippen MR) is 78.2 cm³/mol. The topological polar surface area (TPSA) is 77.0 Å². The molecule has 0 saturated heterocycles. The minimum absolute atomic E-state index is 0.0828. The Hall–Kier alpha value is -2.21. The van der Waals surface area contributed by atoms with Crippen molar-refractivity contribution < 1.29 is 4.79 Å². The molecule has 1 aromatic heterocycles. The number of carbonyl (C=O) groups is 1. The van der Waals surface area contributed by atoms with E-state index in [-0.39, 0.29) is 5.91 Å². The van der Waals surface area contributed by atoms with Crippen molar-refractivity contribution in [1.82, 2.24) is 19.7 Å². The van der Waals surface area contributed by atoms with Crippen molar-refractivity contribution >= 4 is 5.91 Å². The number of amides is 1. The number of nitrogens with zero attached hydrogens (tertiary/aromatic N) is 4. The molecule has 0 saturated carbocycles. The number of benzene rings is 1. The summed E-state index contributed by atoms with van der Waals surface area (Å²) in [6.45, 7) is 5.34. The summed E-state index contributed by atoms with van der Waals surface area (Å²) in [5.41, 5.74) is 6.09. The molecule has 1 amide bonds. The molecule has 21 heavy (non-hydrogen) atoms. The van der Waals surface area contributed by atoms with Gasteiger partial charge in [-0.25, -0.2) is 9.67 Å². The lowest BCUT2D eigenvalue weighted by molar-refractivity contribution is -0.138. The highest BCUT2D eigenvalue weighted by Crippen LogP contribution is 2.22. The molecule has 2 N–H and O–H groups in total. The van der Waals surface area contributed by atoms with Gasteiger partial charge >= 0.3 is 0 Å². The van der Waals surface area contributed by atoms with Crippen LogP contribution in [-0.4, -0.2) is 32.1 Å². The average molecular weight is 285 g/mol. The van der Waals surface area contributed by atoms with E-state index < -0.39 is 5.54 Å². The molecule has 0 spiro atoms. The molecule has 0 radical (unpaired) electrons. The fourth-order valence-corrected chi connectivity index (χ4v) is 2.67. The fraction of sp³-hybridized carbons (Fsp3) is 0.400. The smallest absolute Gasteiger partial charge is 0.247 e. The minimum atomic E-state index is -1.03. The molecule has 0 aliphatic carbocycles. The van der Waals surface area contributed by atoms with Gasteiger partial charge in [-0.3, -0.25) is 4.79 Å². The van der Waals surface area contributed by atoms with E-state index in [4.69, 9.17) is 5.73 Å². The molecule has 1 aromatic carbocycles. The molecular weight excluding hydrogens is 266 g/mol. The normalized spacial score (nSPS) is 17.2. The molecule has 0 bridgehead atoms. The summed E-state index contributed by atoms with van der Waals surface area (Å²) in [6.07, 6.45) is 0. The van der Waals surface area contributed by atoms with Crippen LogP contribution in [0.3, 0.4) is 0 Å². The van der Waals surface area contributed by atoms with E-state index in [1.807, 2.05) is 41.9 Å². The van der Waals surface area contributed by atoms with Crippen LogP contribution in [-0.2, 0) is 23.4 Å². The van der Waals surface area contributed by atoms with Crippen molar-refractivity contribution in [1.29, 1.82) is 0 Å². The summed E-state index contributed by atoms with van der Waals surface area (Å²) in [5.74, 6) is 1.47. The number of fused-ring (bicyclic) bond motifs is 1. The van der Waals surface area contributed by atoms with Crippen molar-refractivity contribution in [2.75, 3.05) is 6.54 Å². The third-order valence-corrected chi connectivity index (χ3v) is 3.87. The highest BCUT2D eigenvalue weighted by atomic mass is 16.2. The van der Waals surface area contributed by atoms with Gasteiger partial charge in [0.15, 0.2) is 0 Å². The predicted octanol–water partition coefficient (Wildman–Crippen LogP) is 0.803. The number of hydrogen-bond donors (Lipinski definition) is 1. The molecule has 1 aliphatic rings. The van der Waals surface area contributed by atoms with E-state index in [0.29, 0.717) is 19.6 Å². The molecule has 1 aliphatic heterocycles. The Morgan fingerprint density at radius 1 is 1.29 bits per heavy atom. The van der Waals surface area contributed by atoms with Crippen molar-refractivity contribution in [2.45, 2.75) is 32.5 Å². The number of nitrogens with two attached hydrogens (primary N) is 1. The maximum Gasteiger partial charge on any atom is 0.247 e. The largest absolute Gasteiger partial charge is 0.331 e. The Bertz CT molecular complexity index is 662. The zero-order chi connectivity index (χ0) is 15.0. The molecule has 0 fully saturated rings. The maximum absolute atomic E-state index is 12.8. The highest BCUT2D eigenvalue weighted by Gasteiger charge is 2.36. The van der Waals surface area contributed by atoms with Gasteiger partial charge in [0.25, 0.3) is 0 Å². The van der Waals surface area contributed by atoms with E-state index >= 15 is 0 Å². The Kier molecular flexibility index (Phi) is 3.25. The van der Waals surface area contributed by atoms with Crippen molar-refractivity contribution in [3.8, 4) is 0 Å². The van der Waals surface area contributed by atoms with Gasteiger partial charge < -0.3 is 10.6 Å². The quantitative estimate of drug-likeness (QED) is 0.885. The van der Waals surface area contributed by atoms with E-state index in [1.54, 1.807) is 11.8 Å². The highest BCUT2D eigenvalue weighted by molar-refractivity contribution is 5.87. The fourth-order valence-electron chi connectivity index (χ4n) is 2.67. The zero-order valence-corrected chi connectivity index (χ0v) is 12.3. The first kappa shape index (κ1) is 13.8. The van der Waals surface area contributed by atoms with E-state index in [1.165, 1.54) is 0 Å². The Morgan fingerprint density at radius 3 is 2.71 bits per heavy atom. The SMILES string of the molecule is Cc1nc2n(n1)CCN(C(=O)C(C)(N)c1ccccc1)C2. The molecule has 6 heteroatoms. The number of aryl methyl sites for hydroxylation is 1. The summed E-state index contributed by atoms with van der Waals surface area (Å²) in [4.78, 5) is 18.9. The van der Waals surface area contributed by atoms with Crippen molar-refractivity contribution in [3.05, 3.63) is 47.5 Å². The Labute approximate surface area is 123 Å². The van der Waals surface area contributed by atoms with E-state index in [9.17, 15) is 4.79 Å². The first-order valence-electron chi connectivity index (χ1n) is 7.02. The van der Waals surface area contributed by atoms with Gasteiger partial charge in [0.05, 0.1) is 13.1 Å². The van der Waals surface area contributed by atoms with Gasteiger partial charge in [-0.2, -0.15) is 5.10 Å². The van der Waals surface area contributed by atoms with Crippen LogP contribution < -0.4 is 5.73 Å². The van der Waals surface area contributed by atoms with Crippen LogP contribution >= 0.6 is 0 Å². The number of rotatable bonds is 2. The van der Waals surface area contributed by atoms with E-state index in [2.05, 4.69) is 10.1 Å². The first-order chi connectivity index (χ1) is 9.98. The second-order valence-electron chi connectivity index (χ2n) is 5.59. The van der Waals surface area contributed by atoms with Gasteiger partial charge in [-0.1, -0.05) is 30.3 Å². The van der Waals surface area contributed by atoms with Crippen LogP contribution in [0.4, 0.5) is 0 Å². The molecule has 3 rings (SSSR count). The molecular formula is C15H19N5O. The molecule has 110 valence electrons. The number of hydrogen-bond acceptors (Lipinski definition) is 4.